The van der Waals surface area contributed by atoms with Crippen LogP contribution < -0.4 is 14.9 Å². The number of hydrogen-bond donors (Lipinski definition) is 2. The predicted molar refractivity (Wildman–Crippen MR) is 116 cm³/mol. The molecule has 28 heavy (non-hydrogen) atoms. The summed E-state index contributed by atoms with van der Waals surface area (Å²) >= 11 is 0. The van der Waals surface area contributed by atoms with Gasteiger partial charge in [0.05, 0.1) is 10.6 Å². The Kier molecular flexibility index (Phi) is 5.00. The third-order valence-electron chi connectivity index (χ3n) is 5.19. The first-order valence-corrected chi connectivity index (χ1v) is 11.0. The highest BCUT2D eigenvalue weighted by molar-refractivity contribution is 7.92. The smallest absolute Gasteiger partial charge is 0.261 e. The molecule has 5 nitrogen and oxygen atoms in total. The highest BCUT2D eigenvalue weighted by atomic mass is 32.2. The maximum atomic E-state index is 12.9. The molecular weight excluding hydrogens is 370 g/mol. The third kappa shape index (κ3) is 3.70. The van der Waals surface area contributed by atoms with Gasteiger partial charge >= 0.3 is 0 Å². The average Bonchev–Trinajstić information content (AvgIpc) is 2.68. The van der Waals surface area contributed by atoms with E-state index in [-0.39, 0.29) is 4.90 Å². The Morgan fingerprint density at radius 2 is 1.71 bits per heavy atom. The molecule has 1 aliphatic heterocycles. The van der Waals surface area contributed by atoms with Crippen molar-refractivity contribution in [1.82, 2.24) is 5.32 Å². The maximum absolute atomic E-state index is 12.9. The minimum Gasteiger partial charge on any atom is -0.368 e. The number of aryl methyl sites for hydroxylation is 1. The maximum Gasteiger partial charge on any atom is 0.261 e. The zero-order valence-corrected chi connectivity index (χ0v) is 17.0. The molecule has 2 N–H and O–H groups in total. The number of sulfonamides is 1. The number of fused-ring (bicyclic) bond motifs is 1. The molecule has 1 heterocycles. The minimum atomic E-state index is -3.64. The summed E-state index contributed by atoms with van der Waals surface area (Å²) in [5, 5.41) is 5.42. The number of nitrogens with one attached hydrogen (secondary N) is 2. The zero-order valence-electron chi connectivity index (χ0n) is 16.1. The fourth-order valence-electron chi connectivity index (χ4n) is 3.72. The predicted octanol–water partition coefficient (Wildman–Crippen LogP) is 3.75. The van der Waals surface area contributed by atoms with Gasteiger partial charge in [0, 0.05) is 42.1 Å². The molecule has 3 aromatic rings. The van der Waals surface area contributed by atoms with Gasteiger partial charge in [-0.3, -0.25) is 4.72 Å². The van der Waals surface area contributed by atoms with Crippen molar-refractivity contribution in [2.45, 2.75) is 24.8 Å². The molecule has 0 saturated carbocycles. The topological polar surface area (TPSA) is 61.4 Å². The summed E-state index contributed by atoms with van der Waals surface area (Å²) in [5.41, 5.74) is 2.77. The van der Waals surface area contributed by atoms with Gasteiger partial charge in [-0.15, -0.1) is 0 Å². The van der Waals surface area contributed by atoms with Gasteiger partial charge in [0.15, 0.2) is 0 Å². The van der Waals surface area contributed by atoms with Crippen LogP contribution in [-0.4, -0.2) is 34.1 Å². The molecule has 1 unspecified atom stereocenters. The molecule has 4 rings (SSSR count). The molecule has 0 aliphatic carbocycles. The SMILES string of the molecule is Cc1ccc(S(=O)(=O)Nc2ccc(N3CCNC(C)C3)c3ccccc23)cc1. The van der Waals surface area contributed by atoms with Gasteiger partial charge in [-0.05, 0) is 38.1 Å². The molecule has 0 spiro atoms. The van der Waals surface area contributed by atoms with E-state index in [0.29, 0.717) is 11.7 Å². The summed E-state index contributed by atoms with van der Waals surface area (Å²) in [6.45, 7) is 6.92. The Labute approximate surface area is 166 Å². The molecule has 1 fully saturated rings. The molecular formula is C22H25N3O2S. The van der Waals surface area contributed by atoms with Crippen molar-refractivity contribution in [3.05, 3.63) is 66.2 Å². The number of benzene rings is 3. The van der Waals surface area contributed by atoms with Crippen LogP contribution in [0.4, 0.5) is 11.4 Å². The van der Waals surface area contributed by atoms with Gasteiger partial charge in [-0.2, -0.15) is 0 Å². The van der Waals surface area contributed by atoms with Crippen molar-refractivity contribution in [2.75, 3.05) is 29.3 Å². The van der Waals surface area contributed by atoms with E-state index in [9.17, 15) is 8.42 Å². The molecule has 1 aliphatic rings. The Bertz CT molecular complexity index is 1090. The summed E-state index contributed by atoms with van der Waals surface area (Å²) < 4.78 is 28.5. The van der Waals surface area contributed by atoms with Gasteiger partial charge < -0.3 is 10.2 Å². The first-order chi connectivity index (χ1) is 13.4. The second kappa shape index (κ2) is 7.45. The summed E-state index contributed by atoms with van der Waals surface area (Å²) in [7, 11) is -3.64. The lowest BCUT2D eigenvalue weighted by molar-refractivity contribution is 0.485. The van der Waals surface area contributed by atoms with Crippen LogP contribution >= 0.6 is 0 Å². The Hall–Kier alpha value is -2.57. The van der Waals surface area contributed by atoms with Gasteiger partial charge in [-0.25, -0.2) is 8.42 Å². The van der Waals surface area contributed by atoms with Crippen LogP contribution in [0.25, 0.3) is 10.8 Å². The molecule has 0 bridgehead atoms. The average molecular weight is 396 g/mol. The van der Waals surface area contributed by atoms with Crippen molar-refractivity contribution in [3.63, 3.8) is 0 Å². The standard InChI is InChI=1S/C22H25N3O2S/c1-16-7-9-18(10-8-16)28(26,27)24-21-11-12-22(20-6-4-3-5-19(20)21)25-14-13-23-17(2)15-25/h3-12,17,23-24H,13-15H2,1-2H3. The van der Waals surface area contributed by atoms with E-state index in [1.165, 1.54) is 0 Å². The molecule has 146 valence electrons. The monoisotopic (exact) mass is 395 g/mol. The lowest BCUT2D eigenvalue weighted by atomic mass is 10.1. The summed E-state index contributed by atoms with van der Waals surface area (Å²) in [6.07, 6.45) is 0. The van der Waals surface area contributed by atoms with Crippen molar-refractivity contribution in [2.24, 2.45) is 0 Å². The number of anilines is 2. The van der Waals surface area contributed by atoms with Gasteiger partial charge in [0.25, 0.3) is 10.0 Å². The van der Waals surface area contributed by atoms with E-state index in [0.717, 1.165) is 41.7 Å². The largest absolute Gasteiger partial charge is 0.368 e. The van der Waals surface area contributed by atoms with Gasteiger partial charge in [0.1, 0.15) is 0 Å². The normalized spacial score (nSPS) is 17.6. The van der Waals surface area contributed by atoms with Crippen molar-refractivity contribution in [1.29, 1.82) is 0 Å². The van der Waals surface area contributed by atoms with Crippen LogP contribution in [0.3, 0.4) is 0 Å². The van der Waals surface area contributed by atoms with Gasteiger partial charge in [-0.1, -0.05) is 42.0 Å². The number of piperazine rings is 1. The number of nitrogens with zero attached hydrogens (tertiary/aromatic N) is 1. The first kappa shape index (κ1) is 18.8. The molecule has 3 aromatic carbocycles. The Balaban J connectivity index is 1.73. The van der Waals surface area contributed by atoms with Crippen LogP contribution in [0.15, 0.2) is 65.6 Å². The summed E-state index contributed by atoms with van der Waals surface area (Å²) in [4.78, 5) is 2.63. The lowest BCUT2D eigenvalue weighted by Gasteiger charge is -2.34. The van der Waals surface area contributed by atoms with Crippen LogP contribution in [0.1, 0.15) is 12.5 Å². The summed E-state index contributed by atoms with van der Waals surface area (Å²) in [6, 6.07) is 19.2. The van der Waals surface area contributed by atoms with E-state index >= 15 is 0 Å². The molecule has 0 amide bonds. The lowest BCUT2D eigenvalue weighted by Crippen LogP contribution is -2.49. The highest BCUT2D eigenvalue weighted by Crippen LogP contribution is 2.34. The third-order valence-corrected chi connectivity index (χ3v) is 6.57. The van der Waals surface area contributed by atoms with Crippen LogP contribution in [0.5, 0.6) is 0 Å². The summed E-state index contributed by atoms with van der Waals surface area (Å²) in [5.74, 6) is 0. The fraction of sp³-hybridized carbons (Fsp3) is 0.273. The fourth-order valence-corrected chi connectivity index (χ4v) is 4.80. The van der Waals surface area contributed by atoms with E-state index in [2.05, 4.69) is 27.9 Å². The van der Waals surface area contributed by atoms with E-state index < -0.39 is 10.0 Å². The number of rotatable bonds is 4. The van der Waals surface area contributed by atoms with E-state index in [4.69, 9.17) is 0 Å². The van der Waals surface area contributed by atoms with Crippen LogP contribution in [-0.2, 0) is 10.0 Å². The van der Waals surface area contributed by atoms with Crippen molar-refractivity contribution >= 4 is 32.2 Å². The molecule has 6 heteroatoms. The van der Waals surface area contributed by atoms with Crippen LogP contribution in [0, 0.1) is 6.92 Å². The molecule has 1 saturated heterocycles. The second-order valence-corrected chi connectivity index (χ2v) is 9.08. The van der Waals surface area contributed by atoms with Crippen LogP contribution in [0.2, 0.25) is 0 Å². The highest BCUT2D eigenvalue weighted by Gasteiger charge is 2.20. The van der Waals surface area contributed by atoms with E-state index in [1.54, 1.807) is 24.3 Å². The van der Waals surface area contributed by atoms with E-state index in [1.807, 2.05) is 37.3 Å². The Morgan fingerprint density at radius 3 is 2.43 bits per heavy atom. The first-order valence-electron chi connectivity index (χ1n) is 9.53. The minimum absolute atomic E-state index is 0.266. The Morgan fingerprint density at radius 1 is 1.00 bits per heavy atom. The molecule has 0 radical (unpaired) electrons. The van der Waals surface area contributed by atoms with Crippen molar-refractivity contribution < 1.29 is 8.42 Å². The number of hydrogen-bond acceptors (Lipinski definition) is 4. The molecule has 1 atom stereocenters. The second-order valence-electron chi connectivity index (χ2n) is 7.40. The zero-order chi connectivity index (χ0) is 19.7. The van der Waals surface area contributed by atoms with Gasteiger partial charge in [0.2, 0.25) is 0 Å². The van der Waals surface area contributed by atoms with Crippen molar-refractivity contribution in [3.8, 4) is 0 Å². The molecule has 0 aromatic heterocycles. The quantitative estimate of drug-likeness (QED) is 0.706.